The highest BCUT2D eigenvalue weighted by Gasteiger charge is 2.56. The van der Waals surface area contributed by atoms with Crippen LogP contribution in [0.1, 0.15) is 31.2 Å². The van der Waals surface area contributed by atoms with Crippen LogP contribution in [0.5, 0.6) is 0 Å². The van der Waals surface area contributed by atoms with E-state index in [9.17, 15) is 20.0 Å². The zero-order chi connectivity index (χ0) is 15.0. The predicted molar refractivity (Wildman–Crippen MR) is 74.0 cm³/mol. The van der Waals surface area contributed by atoms with Crippen molar-refractivity contribution in [3.8, 4) is 0 Å². The molecule has 21 heavy (non-hydrogen) atoms. The van der Waals surface area contributed by atoms with E-state index in [0.717, 1.165) is 18.4 Å². The zero-order valence-electron chi connectivity index (χ0n) is 11.5. The Hall–Kier alpha value is -1.95. The number of aliphatic carboxylic acids is 1. The number of carboxylic acids is 1. The molecule has 0 radical (unpaired) electrons. The summed E-state index contributed by atoms with van der Waals surface area (Å²) in [6, 6.07) is 6.31. The molecule has 2 fully saturated rings. The van der Waals surface area contributed by atoms with Crippen LogP contribution >= 0.6 is 0 Å². The Morgan fingerprint density at radius 2 is 2.10 bits per heavy atom. The molecule has 2 aliphatic rings. The molecule has 0 spiro atoms. The fourth-order valence-electron chi connectivity index (χ4n) is 3.55. The Labute approximate surface area is 121 Å². The lowest BCUT2D eigenvalue weighted by Crippen LogP contribution is -2.40. The third-order valence-electron chi connectivity index (χ3n) is 4.75. The number of hydrogen-bond donors (Lipinski definition) is 1. The number of carboxylic acid groups (broad SMARTS) is 1. The number of nitro groups is 1. The number of nitrogens with zero attached hydrogens (tertiary/aromatic N) is 1. The van der Waals surface area contributed by atoms with Crippen LogP contribution in [0.3, 0.4) is 0 Å². The van der Waals surface area contributed by atoms with Crippen molar-refractivity contribution >= 4 is 11.7 Å². The molecule has 0 amide bonds. The quantitative estimate of drug-likeness (QED) is 0.665. The SMILES string of the molecule is O=C(O)C1(CCc2ccc([N+](=O)[O-])cc2)CC2CCC1O2. The van der Waals surface area contributed by atoms with Crippen molar-refractivity contribution in [1.29, 1.82) is 0 Å². The molecule has 6 heteroatoms. The highest BCUT2D eigenvalue weighted by Crippen LogP contribution is 2.50. The van der Waals surface area contributed by atoms with Gasteiger partial charge in [-0.2, -0.15) is 0 Å². The summed E-state index contributed by atoms with van der Waals surface area (Å²) in [5.74, 6) is -0.781. The minimum Gasteiger partial charge on any atom is -0.481 e. The van der Waals surface area contributed by atoms with Gasteiger partial charge in [0.1, 0.15) is 0 Å². The van der Waals surface area contributed by atoms with Gasteiger partial charge in [-0.25, -0.2) is 0 Å². The number of hydrogen-bond acceptors (Lipinski definition) is 4. The molecule has 6 nitrogen and oxygen atoms in total. The molecule has 3 atom stereocenters. The van der Waals surface area contributed by atoms with Gasteiger partial charge in [-0.05, 0) is 37.7 Å². The van der Waals surface area contributed by atoms with E-state index in [1.54, 1.807) is 12.1 Å². The van der Waals surface area contributed by atoms with E-state index >= 15 is 0 Å². The van der Waals surface area contributed by atoms with Crippen molar-refractivity contribution in [3.05, 3.63) is 39.9 Å². The van der Waals surface area contributed by atoms with Gasteiger partial charge in [0.2, 0.25) is 0 Å². The van der Waals surface area contributed by atoms with Crippen LogP contribution in [0.4, 0.5) is 5.69 Å². The van der Waals surface area contributed by atoms with Crippen LogP contribution in [-0.2, 0) is 16.0 Å². The molecule has 2 saturated heterocycles. The molecule has 1 aromatic carbocycles. The van der Waals surface area contributed by atoms with Crippen LogP contribution in [0.25, 0.3) is 0 Å². The van der Waals surface area contributed by atoms with E-state index in [0.29, 0.717) is 19.3 Å². The van der Waals surface area contributed by atoms with E-state index in [1.807, 2.05) is 0 Å². The summed E-state index contributed by atoms with van der Waals surface area (Å²) in [5, 5.41) is 20.2. The van der Waals surface area contributed by atoms with Crippen molar-refractivity contribution in [2.24, 2.45) is 5.41 Å². The molecule has 3 rings (SSSR count). The normalized spacial score (nSPS) is 30.5. The van der Waals surface area contributed by atoms with Crippen LogP contribution < -0.4 is 0 Å². The number of non-ortho nitro benzene ring substituents is 1. The Morgan fingerprint density at radius 1 is 1.38 bits per heavy atom. The van der Waals surface area contributed by atoms with Gasteiger partial charge in [-0.15, -0.1) is 0 Å². The summed E-state index contributed by atoms with van der Waals surface area (Å²) >= 11 is 0. The highest BCUT2D eigenvalue weighted by atomic mass is 16.6. The van der Waals surface area contributed by atoms with Gasteiger partial charge in [0, 0.05) is 12.1 Å². The molecule has 2 aliphatic heterocycles. The zero-order valence-corrected chi connectivity index (χ0v) is 11.5. The molecular formula is C15H17NO5. The summed E-state index contributed by atoms with van der Waals surface area (Å²) in [6.07, 6.45) is 3.37. The van der Waals surface area contributed by atoms with Crippen LogP contribution in [0.15, 0.2) is 24.3 Å². The number of nitro benzene ring substituents is 1. The van der Waals surface area contributed by atoms with E-state index in [2.05, 4.69) is 0 Å². The average Bonchev–Trinajstić information content (AvgIpc) is 3.06. The second-order valence-electron chi connectivity index (χ2n) is 5.91. The topological polar surface area (TPSA) is 89.7 Å². The highest BCUT2D eigenvalue weighted by molar-refractivity contribution is 5.76. The van der Waals surface area contributed by atoms with Gasteiger partial charge in [0.25, 0.3) is 5.69 Å². The first-order valence-electron chi connectivity index (χ1n) is 7.13. The van der Waals surface area contributed by atoms with Crippen LogP contribution in [0.2, 0.25) is 0 Å². The molecule has 3 unspecified atom stereocenters. The fraction of sp³-hybridized carbons (Fsp3) is 0.533. The van der Waals surface area contributed by atoms with Crippen LogP contribution in [0, 0.1) is 15.5 Å². The van der Waals surface area contributed by atoms with E-state index in [1.165, 1.54) is 12.1 Å². The van der Waals surface area contributed by atoms with Gasteiger partial charge in [-0.3, -0.25) is 14.9 Å². The maximum Gasteiger partial charge on any atom is 0.312 e. The van der Waals surface area contributed by atoms with Crippen LogP contribution in [-0.4, -0.2) is 28.2 Å². The van der Waals surface area contributed by atoms with Gasteiger partial charge in [-0.1, -0.05) is 12.1 Å². The van der Waals surface area contributed by atoms with Gasteiger partial charge >= 0.3 is 5.97 Å². The smallest absolute Gasteiger partial charge is 0.312 e. The summed E-state index contributed by atoms with van der Waals surface area (Å²) < 4.78 is 5.72. The Bertz CT molecular complexity index is 570. The first-order valence-corrected chi connectivity index (χ1v) is 7.13. The van der Waals surface area contributed by atoms with Gasteiger partial charge in [0.15, 0.2) is 0 Å². The van der Waals surface area contributed by atoms with Gasteiger partial charge in [0.05, 0.1) is 22.5 Å². The van der Waals surface area contributed by atoms with E-state index in [-0.39, 0.29) is 17.9 Å². The number of ether oxygens (including phenoxy) is 1. The molecule has 0 aliphatic carbocycles. The molecule has 0 aromatic heterocycles. The maximum absolute atomic E-state index is 11.7. The fourth-order valence-corrected chi connectivity index (χ4v) is 3.55. The number of aryl methyl sites for hydroxylation is 1. The minimum absolute atomic E-state index is 0.0509. The van der Waals surface area contributed by atoms with Crippen molar-refractivity contribution in [2.45, 2.75) is 44.3 Å². The summed E-state index contributed by atoms with van der Waals surface area (Å²) in [6.45, 7) is 0. The monoisotopic (exact) mass is 291 g/mol. The number of benzene rings is 1. The number of carbonyl (C=O) groups is 1. The summed E-state index contributed by atoms with van der Waals surface area (Å²) in [4.78, 5) is 21.9. The predicted octanol–water partition coefficient (Wildman–Crippen LogP) is 2.55. The van der Waals surface area contributed by atoms with Crippen molar-refractivity contribution in [3.63, 3.8) is 0 Å². The second kappa shape index (κ2) is 5.11. The Morgan fingerprint density at radius 3 is 2.57 bits per heavy atom. The lowest BCUT2D eigenvalue weighted by Gasteiger charge is -2.30. The molecular weight excluding hydrogens is 274 g/mol. The minimum atomic E-state index is -0.787. The lowest BCUT2D eigenvalue weighted by molar-refractivity contribution is -0.384. The maximum atomic E-state index is 11.7. The molecule has 112 valence electrons. The molecule has 1 N–H and O–H groups in total. The molecule has 2 bridgehead atoms. The Balaban J connectivity index is 1.71. The molecule has 1 aromatic rings. The first-order chi connectivity index (χ1) is 10.0. The number of fused-ring (bicyclic) bond motifs is 2. The van der Waals surface area contributed by atoms with E-state index < -0.39 is 16.3 Å². The first kappa shape index (κ1) is 14.0. The number of rotatable bonds is 5. The lowest BCUT2D eigenvalue weighted by atomic mass is 9.70. The van der Waals surface area contributed by atoms with Crippen molar-refractivity contribution in [1.82, 2.24) is 0 Å². The van der Waals surface area contributed by atoms with Gasteiger partial charge < -0.3 is 9.84 Å². The Kier molecular flexibility index (Phi) is 3.41. The largest absolute Gasteiger partial charge is 0.481 e. The van der Waals surface area contributed by atoms with Crippen molar-refractivity contribution in [2.75, 3.05) is 0 Å². The second-order valence-corrected chi connectivity index (χ2v) is 5.91. The molecule has 0 saturated carbocycles. The summed E-state index contributed by atoms with van der Waals surface area (Å²) in [5.41, 5.74) is 0.184. The third kappa shape index (κ3) is 2.40. The standard InChI is InChI=1S/C15H17NO5/c17-14(18)15(9-12-5-6-13(15)21-12)8-7-10-1-3-11(4-2-10)16(19)20/h1-4,12-13H,5-9H2,(H,17,18). The summed E-state index contributed by atoms with van der Waals surface area (Å²) in [7, 11) is 0. The third-order valence-corrected chi connectivity index (χ3v) is 4.75. The van der Waals surface area contributed by atoms with Crippen molar-refractivity contribution < 1.29 is 19.6 Å². The average molecular weight is 291 g/mol. The van der Waals surface area contributed by atoms with E-state index in [4.69, 9.17) is 4.74 Å². The molecule has 2 heterocycles.